The number of amides is 1. The first-order valence-corrected chi connectivity index (χ1v) is 10.5. The molecule has 4 aliphatic rings. The maximum atomic E-state index is 12.8. The largest absolute Gasteiger partial charge is 0.322 e. The Bertz CT molecular complexity index is 820. The number of anilines is 1. The van der Waals surface area contributed by atoms with Gasteiger partial charge in [0.2, 0.25) is 0 Å². The molecule has 0 aliphatic heterocycles. The Morgan fingerprint density at radius 2 is 1.67 bits per heavy atom. The molecule has 4 aliphatic carbocycles. The molecule has 1 aromatic heterocycles. The van der Waals surface area contributed by atoms with Crippen molar-refractivity contribution in [2.75, 3.05) is 5.32 Å². The molecule has 2 aromatic rings. The zero-order valence-electron chi connectivity index (χ0n) is 16.1. The van der Waals surface area contributed by atoms with Gasteiger partial charge in [0, 0.05) is 28.6 Å². The summed E-state index contributed by atoms with van der Waals surface area (Å²) < 4.78 is 0. The Hall–Kier alpha value is -2.16. The molecule has 140 valence electrons. The molecular weight excluding hydrogens is 332 g/mol. The van der Waals surface area contributed by atoms with E-state index in [4.69, 9.17) is 4.98 Å². The molecule has 27 heavy (non-hydrogen) atoms. The minimum atomic E-state index is -0.0346. The summed E-state index contributed by atoms with van der Waals surface area (Å²) in [5.74, 6) is 2.61. The van der Waals surface area contributed by atoms with Crippen LogP contribution >= 0.6 is 0 Å². The van der Waals surface area contributed by atoms with E-state index in [2.05, 4.69) is 30.4 Å². The van der Waals surface area contributed by atoms with E-state index >= 15 is 0 Å². The number of aromatic nitrogens is 1. The highest BCUT2D eigenvalue weighted by atomic mass is 16.1. The fraction of sp³-hybridized carbons (Fsp3) is 0.500. The number of pyridine rings is 1. The predicted molar refractivity (Wildman–Crippen MR) is 108 cm³/mol. The maximum absolute atomic E-state index is 12.8. The summed E-state index contributed by atoms with van der Waals surface area (Å²) >= 11 is 0. The third-order valence-electron chi connectivity index (χ3n) is 7.22. The van der Waals surface area contributed by atoms with Crippen LogP contribution in [0, 0.1) is 17.8 Å². The Morgan fingerprint density at radius 3 is 2.26 bits per heavy atom. The minimum Gasteiger partial charge on any atom is -0.322 e. The summed E-state index contributed by atoms with van der Waals surface area (Å²) in [6.07, 6.45) is 10.9. The second-order valence-corrected chi connectivity index (χ2v) is 9.13. The fourth-order valence-electron chi connectivity index (χ4n) is 6.31. The topological polar surface area (TPSA) is 42.0 Å². The zero-order chi connectivity index (χ0) is 18.4. The average Bonchev–Trinajstić information content (AvgIpc) is 2.68. The van der Waals surface area contributed by atoms with Crippen molar-refractivity contribution in [2.45, 2.75) is 57.3 Å². The predicted octanol–water partition coefficient (Wildman–Crippen LogP) is 5.36. The van der Waals surface area contributed by atoms with E-state index in [-0.39, 0.29) is 11.3 Å². The SMILES string of the molecule is CCc1ccc(NC(=O)c2ccnc(C34CC5CC(CC(C5)C3)C4)c2)cc1. The van der Waals surface area contributed by atoms with Crippen LogP contribution in [0.25, 0.3) is 0 Å². The van der Waals surface area contributed by atoms with E-state index in [0.29, 0.717) is 0 Å². The number of carbonyl (C=O) groups excluding carboxylic acids is 1. The summed E-state index contributed by atoms with van der Waals surface area (Å²) in [5, 5.41) is 3.04. The van der Waals surface area contributed by atoms with Crippen molar-refractivity contribution in [1.29, 1.82) is 0 Å². The Morgan fingerprint density at radius 1 is 1.04 bits per heavy atom. The first kappa shape index (κ1) is 17.0. The lowest BCUT2D eigenvalue weighted by molar-refractivity contribution is -0.00721. The lowest BCUT2D eigenvalue weighted by atomic mass is 9.48. The normalized spacial score (nSPS) is 31.1. The van der Waals surface area contributed by atoms with Gasteiger partial charge in [0.25, 0.3) is 5.91 Å². The van der Waals surface area contributed by atoms with Gasteiger partial charge in [-0.15, -0.1) is 0 Å². The average molecular weight is 361 g/mol. The van der Waals surface area contributed by atoms with Crippen molar-refractivity contribution in [2.24, 2.45) is 17.8 Å². The molecule has 0 atom stereocenters. The smallest absolute Gasteiger partial charge is 0.255 e. The number of hydrogen-bond donors (Lipinski definition) is 1. The third-order valence-corrected chi connectivity index (χ3v) is 7.22. The van der Waals surface area contributed by atoms with E-state index in [1.54, 1.807) is 0 Å². The fourth-order valence-corrected chi connectivity index (χ4v) is 6.31. The van der Waals surface area contributed by atoms with Crippen LogP contribution in [-0.2, 0) is 11.8 Å². The summed E-state index contributed by atoms with van der Waals surface area (Å²) in [4.78, 5) is 17.6. The van der Waals surface area contributed by atoms with Gasteiger partial charge in [-0.3, -0.25) is 9.78 Å². The quantitative estimate of drug-likeness (QED) is 0.797. The van der Waals surface area contributed by atoms with Gasteiger partial charge in [-0.1, -0.05) is 19.1 Å². The van der Waals surface area contributed by atoms with Crippen molar-refractivity contribution in [1.82, 2.24) is 4.98 Å². The van der Waals surface area contributed by atoms with Crippen LogP contribution in [0.4, 0.5) is 5.69 Å². The van der Waals surface area contributed by atoms with E-state index in [0.717, 1.165) is 41.1 Å². The third kappa shape index (κ3) is 3.07. The Kier molecular flexibility index (Phi) is 4.07. The molecule has 4 saturated carbocycles. The van der Waals surface area contributed by atoms with Crippen molar-refractivity contribution < 1.29 is 4.79 Å². The second kappa shape index (κ2) is 6.47. The number of rotatable bonds is 4. The first-order valence-electron chi connectivity index (χ1n) is 10.5. The highest BCUT2D eigenvalue weighted by Gasteiger charge is 2.52. The number of aryl methyl sites for hydroxylation is 1. The molecular formula is C24H28N2O. The van der Waals surface area contributed by atoms with Crippen molar-refractivity contribution in [3.63, 3.8) is 0 Å². The number of carbonyl (C=O) groups is 1. The van der Waals surface area contributed by atoms with Crippen LogP contribution < -0.4 is 5.32 Å². The number of benzene rings is 1. The van der Waals surface area contributed by atoms with Gasteiger partial charge >= 0.3 is 0 Å². The molecule has 0 unspecified atom stereocenters. The van der Waals surface area contributed by atoms with Crippen LogP contribution in [0.2, 0.25) is 0 Å². The number of hydrogen-bond acceptors (Lipinski definition) is 2. The number of nitrogens with zero attached hydrogens (tertiary/aromatic N) is 1. The van der Waals surface area contributed by atoms with Gasteiger partial charge < -0.3 is 5.32 Å². The standard InChI is InChI=1S/C24H28N2O/c1-2-16-3-5-21(6-4-16)26-23(27)20-7-8-25-22(12-20)24-13-17-9-18(14-24)11-19(10-17)15-24/h3-8,12,17-19H,2,9-11,13-15H2,1H3,(H,26,27). The summed E-state index contributed by atoms with van der Waals surface area (Å²) in [6, 6.07) is 12.0. The molecule has 0 spiro atoms. The monoisotopic (exact) mass is 360 g/mol. The Labute approximate surface area is 161 Å². The van der Waals surface area contributed by atoms with Crippen LogP contribution in [0.1, 0.15) is 67.1 Å². The summed E-state index contributed by atoms with van der Waals surface area (Å²) in [7, 11) is 0. The van der Waals surface area contributed by atoms with Gasteiger partial charge in [0.1, 0.15) is 0 Å². The van der Waals surface area contributed by atoms with Crippen molar-refractivity contribution in [3.8, 4) is 0 Å². The summed E-state index contributed by atoms with van der Waals surface area (Å²) in [6.45, 7) is 2.14. The second-order valence-electron chi connectivity index (χ2n) is 9.13. The molecule has 4 bridgehead atoms. The zero-order valence-corrected chi connectivity index (χ0v) is 16.1. The minimum absolute atomic E-state index is 0.0346. The highest BCUT2D eigenvalue weighted by molar-refractivity contribution is 6.04. The molecule has 1 aromatic carbocycles. The molecule has 0 radical (unpaired) electrons. The first-order chi connectivity index (χ1) is 13.1. The van der Waals surface area contributed by atoms with Crippen LogP contribution in [0.15, 0.2) is 42.6 Å². The van der Waals surface area contributed by atoms with E-state index < -0.39 is 0 Å². The van der Waals surface area contributed by atoms with Crippen molar-refractivity contribution >= 4 is 11.6 Å². The van der Waals surface area contributed by atoms with Gasteiger partial charge in [-0.25, -0.2) is 0 Å². The highest BCUT2D eigenvalue weighted by Crippen LogP contribution is 2.60. The van der Waals surface area contributed by atoms with Gasteiger partial charge in [0.05, 0.1) is 0 Å². The number of nitrogens with one attached hydrogen (secondary N) is 1. The van der Waals surface area contributed by atoms with Gasteiger partial charge in [-0.05, 0) is 92.5 Å². The molecule has 4 fully saturated rings. The lowest BCUT2D eigenvalue weighted by Gasteiger charge is -2.56. The molecule has 1 heterocycles. The van der Waals surface area contributed by atoms with Gasteiger partial charge in [0.15, 0.2) is 0 Å². The van der Waals surface area contributed by atoms with Crippen LogP contribution in [0.5, 0.6) is 0 Å². The lowest BCUT2D eigenvalue weighted by Crippen LogP contribution is -2.49. The van der Waals surface area contributed by atoms with E-state index in [1.807, 2.05) is 24.4 Å². The van der Waals surface area contributed by atoms with Crippen LogP contribution in [-0.4, -0.2) is 10.9 Å². The van der Waals surface area contributed by atoms with E-state index in [9.17, 15) is 4.79 Å². The van der Waals surface area contributed by atoms with Crippen molar-refractivity contribution in [3.05, 3.63) is 59.4 Å². The molecule has 3 heteroatoms. The maximum Gasteiger partial charge on any atom is 0.255 e. The molecule has 1 N–H and O–H groups in total. The van der Waals surface area contributed by atoms with E-state index in [1.165, 1.54) is 44.1 Å². The molecule has 1 amide bonds. The van der Waals surface area contributed by atoms with Gasteiger partial charge in [-0.2, -0.15) is 0 Å². The molecule has 0 saturated heterocycles. The summed E-state index contributed by atoms with van der Waals surface area (Å²) in [5.41, 5.74) is 4.26. The molecule has 3 nitrogen and oxygen atoms in total. The van der Waals surface area contributed by atoms with Crippen LogP contribution in [0.3, 0.4) is 0 Å². The molecule has 6 rings (SSSR count). The Balaban J connectivity index is 1.38.